The van der Waals surface area contributed by atoms with Gasteiger partial charge in [0.2, 0.25) is 0 Å². The highest BCUT2D eigenvalue weighted by molar-refractivity contribution is 5.85. The van der Waals surface area contributed by atoms with Gasteiger partial charge in [0.1, 0.15) is 0 Å². The highest BCUT2D eigenvalue weighted by Crippen LogP contribution is 2.15. The van der Waals surface area contributed by atoms with Gasteiger partial charge in [-0.3, -0.25) is 0 Å². The van der Waals surface area contributed by atoms with Crippen molar-refractivity contribution >= 4 is 11.8 Å². The molecule has 0 aliphatic carbocycles. The van der Waals surface area contributed by atoms with Crippen molar-refractivity contribution in [3.05, 3.63) is 17.8 Å². The van der Waals surface area contributed by atoms with Crippen LogP contribution in [0.3, 0.4) is 0 Å². The standard InChI is InChI=1S/C12H19N3O2/c1-8(2)7-15(9(3)4)11-6-5-10(12(16)17)13-14-11/h5-6,8-9H,7H2,1-4H3,(H,16,17). The Morgan fingerprint density at radius 2 is 1.94 bits per heavy atom. The molecule has 1 N–H and O–H groups in total. The Kier molecular flexibility index (Phi) is 4.43. The molecule has 0 aliphatic heterocycles. The molecule has 1 aromatic rings. The van der Waals surface area contributed by atoms with Crippen LogP contribution in [0.2, 0.25) is 0 Å². The smallest absolute Gasteiger partial charge is 0.356 e. The second-order valence-corrected chi connectivity index (χ2v) is 4.72. The summed E-state index contributed by atoms with van der Waals surface area (Å²) in [4.78, 5) is 12.8. The maximum Gasteiger partial charge on any atom is 0.356 e. The van der Waals surface area contributed by atoms with E-state index in [0.29, 0.717) is 12.0 Å². The van der Waals surface area contributed by atoms with Crippen LogP contribution >= 0.6 is 0 Å². The molecule has 0 fully saturated rings. The van der Waals surface area contributed by atoms with Crippen molar-refractivity contribution in [1.29, 1.82) is 0 Å². The Morgan fingerprint density at radius 1 is 1.29 bits per heavy atom. The van der Waals surface area contributed by atoms with Crippen molar-refractivity contribution < 1.29 is 9.90 Å². The van der Waals surface area contributed by atoms with Gasteiger partial charge >= 0.3 is 5.97 Å². The van der Waals surface area contributed by atoms with E-state index in [1.807, 2.05) is 0 Å². The van der Waals surface area contributed by atoms with Crippen LogP contribution in [0.5, 0.6) is 0 Å². The van der Waals surface area contributed by atoms with E-state index < -0.39 is 5.97 Å². The molecule has 0 aromatic carbocycles. The van der Waals surface area contributed by atoms with Crippen molar-refractivity contribution in [3.63, 3.8) is 0 Å². The van der Waals surface area contributed by atoms with E-state index >= 15 is 0 Å². The molecule has 0 saturated carbocycles. The predicted molar refractivity (Wildman–Crippen MR) is 66.3 cm³/mol. The third-order valence-electron chi connectivity index (χ3n) is 2.35. The van der Waals surface area contributed by atoms with Crippen LogP contribution < -0.4 is 4.90 Å². The minimum Gasteiger partial charge on any atom is -0.476 e. The van der Waals surface area contributed by atoms with Crippen molar-refractivity contribution in [2.75, 3.05) is 11.4 Å². The molecule has 0 aliphatic rings. The quantitative estimate of drug-likeness (QED) is 0.849. The lowest BCUT2D eigenvalue weighted by atomic mass is 10.2. The Balaban J connectivity index is 2.91. The van der Waals surface area contributed by atoms with Gasteiger partial charge in [0.15, 0.2) is 11.5 Å². The summed E-state index contributed by atoms with van der Waals surface area (Å²) in [7, 11) is 0. The molecule has 0 bridgehead atoms. The number of anilines is 1. The maximum atomic E-state index is 10.7. The van der Waals surface area contributed by atoms with E-state index in [-0.39, 0.29) is 5.69 Å². The van der Waals surface area contributed by atoms with Gasteiger partial charge in [0.05, 0.1) is 0 Å². The van der Waals surface area contributed by atoms with Crippen LogP contribution in [0.15, 0.2) is 12.1 Å². The Morgan fingerprint density at radius 3 is 2.29 bits per heavy atom. The maximum absolute atomic E-state index is 10.7. The van der Waals surface area contributed by atoms with Crippen LogP contribution in [0.25, 0.3) is 0 Å². The number of nitrogens with zero attached hydrogens (tertiary/aromatic N) is 3. The molecule has 5 heteroatoms. The first-order valence-corrected chi connectivity index (χ1v) is 5.75. The molecule has 0 amide bonds. The topological polar surface area (TPSA) is 66.3 Å². The SMILES string of the molecule is CC(C)CN(c1ccc(C(=O)O)nn1)C(C)C. The zero-order chi connectivity index (χ0) is 13.0. The number of hydrogen-bond donors (Lipinski definition) is 1. The molecule has 0 spiro atoms. The highest BCUT2D eigenvalue weighted by atomic mass is 16.4. The fourth-order valence-corrected chi connectivity index (χ4v) is 1.55. The summed E-state index contributed by atoms with van der Waals surface area (Å²) >= 11 is 0. The molecule has 94 valence electrons. The first-order chi connectivity index (χ1) is 7.91. The molecule has 17 heavy (non-hydrogen) atoms. The summed E-state index contributed by atoms with van der Waals surface area (Å²) in [6.07, 6.45) is 0. The minimum atomic E-state index is -1.05. The van der Waals surface area contributed by atoms with Gasteiger partial charge in [0, 0.05) is 12.6 Å². The van der Waals surface area contributed by atoms with Gasteiger partial charge in [-0.05, 0) is 31.9 Å². The third-order valence-corrected chi connectivity index (χ3v) is 2.35. The van der Waals surface area contributed by atoms with Gasteiger partial charge in [0.25, 0.3) is 0 Å². The summed E-state index contributed by atoms with van der Waals surface area (Å²) < 4.78 is 0. The monoisotopic (exact) mass is 237 g/mol. The second kappa shape index (κ2) is 5.61. The summed E-state index contributed by atoms with van der Waals surface area (Å²) in [5.41, 5.74) is -0.0259. The third kappa shape index (κ3) is 3.69. The van der Waals surface area contributed by atoms with Crippen molar-refractivity contribution in [2.45, 2.75) is 33.7 Å². The van der Waals surface area contributed by atoms with E-state index in [4.69, 9.17) is 5.11 Å². The van der Waals surface area contributed by atoms with Crippen LogP contribution in [0.4, 0.5) is 5.82 Å². The first-order valence-electron chi connectivity index (χ1n) is 5.75. The fraction of sp³-hybridized carbons (Fsp3) is 0.583. The molecule has 0 unspecified atom stereocenters. The van der Waals surface area contributed by atoms with Crippen molar-refractivity contribution in [3.8, 4) is 0 Å². The van der Waals surface area contributed by atoms with Crippen molar-refractivity contribution in [2.24, 2.45) is 5.92 Å². The van der Waals surface area contributed by atoms with Crippen LogP contribution in [-0.2, 0) is 0 Å². The molecular weight excluding hydrogens is 218 g/mol. The van der Waals surface area contributed by atoms with Gasteiger partial charge in [-0.1, -0.05) is 13.8 Å². The van der Waals surface area contributed by atoms with Gasteiger partial charge in [-0.15, -0.1) is 10.2 Å². The van der Waals surface area contributed by atoms with E-state index in [1.165, 1.54) is 6.07 Å². The number of rotatable bonds is 5. The second-order valence-electron chi connectivity index (χ2n) is 4.72. The normalized spacial score (nSPS) is 10.9. The molecule has 0 saturated heterocycles. The number of aromatic carboxylic acids is 1. The zero-order valence-electron chi connectivity index (χ0n) is 10.7. The van der Waals surface area contributed by atoms with Gasteiger partial charge in [-0.25, -0.2) is 4.79 Å². The van der Waals surface area contributed by atoms with E-state index in [9.17, 15) is 4.79 Å². The number of aromatic nitrogens is 2. The fourth-order valence-electron chi connectivity index (χ4n) is 1.55. The van der Waals surface area contributed by atoms with Crippen LogP contribution in [0, 0.1) is 5.92 Å². The lowest BCUT2D eigenvalue weighted by Crippen LogP contribution is -2.35. The molecule has 1 aromatic heterocycles. The Bertz CT molecular complexity index is 374. The molecule has 5 nitrogen and oxygen atoms in total. The average molecular weight is 237 g/mol. The van der Waals surface area contributed by atoms with E-state index in [2.05, 4.69) is 42.8 Å². The molecular formula is C12H19N3O2. The summed E-state index contributed by atoms with van der Waals surface area (Å²) in [6.45, 7) is 9.30. The Labute approximate surface area is 101 Å². The molecule has 1 rings (SSSR count). The largest absolute Gasteiger partial charge is 0.476 e. The number of carbonyl (C=O) groups is 1. The Hall–Kier alpha value is -1.65. The van der Waals surface area contributed by atoms with Gasteiger partial charge < -0.3 is 10.0 Å². The van der Waals surface area contributed by atoms with E-state index in [1.54, 1.807) is 6.07 Å². The van der Waals surface area contributed by atoms with Crippen LogP contribution in [0.1, 0.15) is 38.2 Å². The summed E-state index contributed by atoms with van der Waals surface area (Å²) in [5.74, 6) is 0.182. The van der Waals surface area contributed by atoms with E-state index in [0.717, 1.165) is 12.4 Å². The number of hydrogen-bond acceptors (Lipinski definition) is 4. The molecule has 1 heterocycles. The lowest BCUT2D eigenvalue weighted by molar-refractivity contribution is 0.0689. The number of carboxylic acids is 1. The molecule has 0 atom stereocenters. The first kappa shape index (κ1) is 13.4. The average Bonchev–Trinajstić information content (AvgIpc) is 2.25. The highest BCUT2D eigenvalue weighted by Gasteiger charge is 2.15. The van der Waals surface area contributed by atoms with Gasteiger partial charge in [-0.2, -0.15) is 0 Å². The van der Waals surface area contributed by atoms with Crippen molar-refractivity contribution in [1.82, 2.24) is 10.2 Å². The predicted octanol–water partition coefficient (Wildman–Crippen LogP) is 2.05. The number of carboxylic acid groups (broad SMARTS) is 1. The lowest BCUT2D eigenvalue weighted by Gasteiger charge is -2.29. The molecule has 0 radical (unpaired) electrons. The summed E-state index contributed by atoms with van der Waals surface area (Å²) in [6, 6.07) is 3.50. The summed E-state index contributed by atoms with van der Waals surface area (Å²) in [5, 5.41) is 16.4. The zero-order valence-corrected chi connectivity index (χ0v) is 10.7. The van der Waals surface area contributed by atoms with Crippen LogP contribution in [-0.4, -0.2) is 33.9 Å². The minimum absolute atomic E-state index is 0.0259.